The molecule has 1 unspecified atom stereocenters. The molecule has 1 atom stereocenters. The van der Waals surface area contributed by atoms with Crippen molar-refractivity contribution in [3.8, 4) is 5.75 Å². The minimum absolute atomic E-state index is 0.181. The molecule has 1 amide bonds. The molecule has 0 N–H and O–H groups in total. The van der Waals surface area contributed by atoms with E-state index in [1.165, 1.54) is 60.9 Å². The van der Waals surface area contributed by atoms with Crippen LogP contribution in [0.3, 0.4) is 0 Å². The number of rotatable bonds is 11. The van der Waals surface area contributed by atoms with Gasteiger partial charge in [0.05, 0.1) is 12.2 Å². The first-order valence-corrected chi connectivity index (χ1v) is 15.8. The third-order valence-corrected chi connectivity index (χ3v) is 9.43. The average molecular weight is 588 g/mol. The van der Waals surface area contributed by atoms with Crippen molar-refractivity contribution >= 4 is 5.91 Å². The third-order valence-electron chi connectivity index (χ3n) is 9.43. The van der Waals surface area contributed by atoms with Gasteiger partial charge in [0.15, 0.2) is 0 Å². The number of halogens is 3. The second-order valence-electron chi connectivity index (χ2n) is 12.0. The first kappa shape index (κ1) is 32.3. The molecule has 1 heterocycles. The van der Waals surface area contributed by atoms with E-state index in [1.807, 2.05) is 0 Å². The minimum Gasteiger partial charge on any atom is -0.493 e. The van der Waals surface area contributed by atoms with Crippen LogP contribution in [0.4, 0.5) is 13.2 Å². The molecule has 0 radical (unpaired) electrons. The zero-order valence-electron chi connectivity index (χ0n) is 25.8. The Morgan fingerprint density at radius 2 is 1.62 bits per heavy atom. The zero-order valence-corrected chi connectivity index (χ0v) is 25.8. The molecule has 4 rings (SSSR count). The normalized spacial score (nSPS) is 18.0. The Morgan fingerprint density at radius 3 is 2.24 bits per heavy atom. The van der Waals surface area contributed by atoms with Gasteiger partial charge in [0.25, 0.3) is 5.91 Å². The van der Waals surface area contributed by atoms with Gasteiger partial charge in [0, 0.05) is 43.8 Å². The summed E-state index contributed by atoms with van der Waals surface area (Å²) in [5, 5.41) is 0. The number of unbranched alkanes of at least 4 members (excludes halogenated alkanes) is 1. The lowest BCUT2D eigenvalue weighted by atomic mass is 9.94. The number of ether oxygens (including phenoxy) is 1. The molecule has 2 aromatic rings. The Hall–Kier alpha value is -2.58. The van der Waals surface area contributed by atoms with Gasteiger partial charge in [-0.3, -0.25) is 9.69 Å². The molecular weight excluding hydrogens is 539 g/mol. The van der Waals surface area contributed by atoms with Crippen molar-refractivity contribution in [1.82, 2.24) is 14.7 Å². The topological polar surface area (TPSA) is 36.0 Å². The van der Waals surface area contributed by atoms with E-state index in [9.17, 15) is 18.0 Å². The van der Waals surface area contributed by atoms with Gasteiger partial charge in [0.2, 0.25) is 0 Å². The van der Waals surface area contributed by atoms with E-state index < -0.39 is 11.7 Å². The maximum absolute atomic E-state index is 12.9. The van der Waals surface area contributed by atoms with E-state index in [1.54, 1.807) is 4.90 Å². The lowest BCUT2D eigenvalue weighted by Gasteiger charge is -2.39. The van der Waals surface area contributed by atoms with E-state index >= 15 is 0 Å². The van der Waals surface area contributed by atoms with Crippen LogP contribution < -0.4 is 4.74 Å². The highest BCUT2D eigenvalue weighted by molar-refractivity contribution is 5.94. The van der Waals surface area contributed by atoms with Crippen molar-refractivity contribution in [3.63, 3.8) is 0 Å². The van der Waals surface area contributed by atoms with Gasteiger partial charge in [0.1, 0.15) is 5.75 Å². The van der Waals surface area contributed by atoms with E-state index in [0.717, 1.165) is 56.5 Å². The molecule has 2 fully saturated rings. The number of piperazine rings is 1. The van der Waals surface area contributed by atoms with Gasteiger partial charge in [-0.15, -0.1) is 0 Å². The van der Waals surface area contributed by atoms with Crippen molar-refractivity contribution in [2.24, 2.45) is 0 Å². The second-order valence-corrected chi connectivity index (χ2v) is 12.0. The van der Waals surface area contributed by atoms with Crippen LogP contribution in [-0.2, 0) is 6.18 Å². The monoisotopic (exact) mass is 587 g/mol. The summed E-state index contributed by atoms with van der Waals surface area (Å²) in [6, 6.07) is 9.71. The first-order chi connectivity index (χ1) is 20.1. The first-order valence-electron chi connectivity index (χ1n) is 15.8. The number of amides is 1. The largest absolute Gasteiger partial charge is 0.493 e. The second kappa shape index (κ2) is 14.7. The number of hydrogen-bond acceptors (Lipinski definition) is 4. The van der Waals surface area contributed by atoms with Crippen molar-refractivity contribution in [3.05, 3.63) is 64.2 Å². The molecular formula is C34H48F3N3O2. The molecule has 1 saturated carbocycles. The summed E-state index contributed by atoms with van der Waals surface area (Å²) in [5.41, 5.74) is 3.21. The molecule has 2 aliphatic rings. The standard InChI is InChI=1S/C34H48F3N3O2/c1-5-38(30-11-7-6-8-12-30)19-9-10-24-42-32-18-17-31(25(2)26(32)3)27(4)39-20-22-40(23-21-39)33(41)28-13-15-29(16-14-28)34(35,36)37/h13-18,27,30H,5-12,19-24H2,1-4H3. The number of carbonyl (C=O) groups is 1. The van der Waals surface area contributed by atoms with Crippen molar-refractivity contribution < 1.29 is 22.7 Å². The van der Waals surface area contributed by atoms with Crippen molar-refractivity contribution in [2.75, 3.05) is 45.9 Å². The SMILES string of the molecule is CCN(CCCCOc1ccc(C(C)N2CCN(C(=O)c3ccc(C(F)(F)F)cc3)CC2)c(C)c1C)C1CCCCC1. The van der Waals surface area contributed by atoms with Crippen LogP contribution in [0.25, 0.3) is 0 Å². The summed E-state index contributed by atoms with van der Waals surface area (Å²) in [6.07, 6.45) is 4.65. The van der Waals surface area contributed by atoms with Crippen LogP contribution in [0.1, 0.15) is 97.4 Å². The van der Waals surface area contributed by atoms with Gasteiger partial charge in [-0.05, 0) is 107 Å². The van der Waals surface area contributed by atoms with Gasteiger partial charge in [-0.25, -0.2) is 0 Å². The smallest absolute Gasteiger partial charge is 0.416 e. The van der Waals surface area contributed by atoms with Crippen LogP contribution in [0.15, 0.2) is 36.4 Å². The van der Waals surface area contributed by atoms with Crippen LogP contribution in [0.5, 0.6) is 5.75 Å². The van der Waals surface area contributed by atoms with Crippen LogP contribution in [0, 0.1) is 13.8 Å². The molecule has 1 aliphatic heterocycles. The Balaban J connectivity index is 1.24. The fraction of sp³-hybridized carbons (Fsp3) is 0.618. The van der Waals surface area contributed by atoms with Crippen molar-refractivity contribution in [1.29, 1.82) is 0 Å². The Morgan fingerprint density at radius 1 is 0.952 bits per heavy atom. The van der Waals surface area contributed by atoms with Gasteiger partial charge >= 0.3 is 6.18 Å². The number of benzene rings is 2. The van der Waals surface area contributed by atoms with Crippen LogP contribution in [0.2, 0.25) is 0 Å². The summed E-state index contributed by atoms with van der Waals surface area (Å²) < 4.78 is 44.8. The van der Waals surface area contributed by atoms with E-state index in [4.69, 9.17) is 4.74 Å². The quantitative estimate of drug-likeness (QED) is 0.253. The summed E-state index contributed by atoms with van der Waals surface area (Å²) in [5.74, 6) is 0.732. The van der Waals surface area contributed by atoms with E-state index in [0.29, 0.717) is 31.7 Å². The molecule has 5 nitrogen and oxygen atoms in total. The molecule has 1 saturated heterocycles. The third kappa shape index (κ3) is 8.07. The van der Waals surface area contributed by atoms with Gasteiger partial charge in [-0.1, -0.05) is 32.3 Å². The summed E-state index contributed by atoms with van der Waals surface area (Å²) in [7, 11) is 0. The average Bonchev–Trinajstić information content (AvgIpc) is 3.00. The van der Waals surface area contributed by atoms with E-state index in [2.05, 4.69) is 49.6 Å². The predicted octanol–water partition coefficient (Wildman–Crippen LogP) is 7.65. The highest BCUT2D eigenvalue weighted by atomic mass is 19.4. The fourth-order valence-electron chi connectivity index (χ4n) is 6.56. The Bertz CT molecular complexity index is 1150. The molecule has 232 valence electrons. The summed E-state index contributed by atoms with van der Waals surface area (Å²) in [4.78, 5) is 19.7. The van der Waals surface area contributed by atoms with Crippen LogP contribution in [-0.4, -0.2) is 72.5 Å². The minimum atomic E-state index is -4.41. The van der Waals surface area contributed by atoms with Crippen molar-refractivity contribution in [2.45, 2.75) is 90.9 Å². The molecule has 0 aromatic heterocycles. The summed E-state index contributed by atoms with van der Waals surface area (Å²) in [6.45, 7) is 14.3. The molecule has 8 heteroatoms. The molecule has 42 heavy (non-hydrogen) atoms. The lowest BCUT2D eigenvalue weighted by Crippen LogP contribution is -2.49. The number of nitrogens with zero attached hydrogens (tertiary/aromatic N) is 3. The molecule has 2 aromatic carbocycles. The number of alkyl halides is 3. The summed E-state index contributed by atoms with van der Waals surface area (Å²) >= 11 is 0. The van der Waals surface area contributed by atoms with E-state index in [-0.39, 0.29) is 11.9 Å². The Labute approximate surface area is 250 Å². The predicted molar refractivity (Wildman–Crippen MR) is 162 cm³/mol. The molecule has 0 bridgehead atoms. The molecule has 1 aliphatic carbocycles. The highest BCUT2D eigenvalue weighted by Crippen LogP contribution is 2.32. The lowest BCUT2D eigenvalue weighted by molar-refractivity contribution is -0.137. The maximum Gasteiger partial charge on any atom is 0.416 e. The van der Waals surface area contributed by atoms with Gasteiger partial charge in [-0.2, -0.15) is 13.2 Å². The van der Waals surface area contributed by atoms with Crippen LogP contribution >= 0.6 is 0 Å². The number of carbonyl (C=O) groups excluding carboxylic acids is 1. The maximum atomic E-state index is 12.9. The highest BCUT2D eigenvalue weighted by Gasteiger charge is 2.31. The number of hydrogen-bond donors (Lipinski definition) is 0. The fourth-order valence-corrected chi connectivity index (χ4v) is 6.56. The Kier molecular flexibility index (Phi) is 11.3. The van der Waals surface area contributed by atoms with Gasteiger partial charge < -0.3 is 14.5 Å². The zero-order chi connectivity index (χ0) is 30.3. The molecule has 0 spiro atoms.